The van der Waals surface area contributed by atoms with E-state index in [-0.39, 0.29) is 18.4 Å². The maximum atomic E-state index is 13.3. The highest BCUT2D eigenvalue weighted by molar-refractivity contribution is 5.93. The summed E-state index contributed by atoms with van der Waals surface area (Å²) in [6.07, 6.45) is 12.7. The molecule has 5 atom stereocenters. The molecule has 8 heteroatoms. The predicted octanol–water partition coefficient (Wildman–Crippen LogP) is 2.38. The van der Waals surface area contributed by atoms with Crippen LogP contribution in [0.15, 0.2) is 24.4 Å². The van der Waals surface area contributed by atoms with Gasteiger partial charge in [0.05, 0.1) is 18.7 Å². The maximum absolute atomic E-state index is 13.3. The monoisotopic (exact) mass is 493 g/mol. The fourth-order valence-corrected chi connectivity index (χ4v) is 8.80. The quantitative estimate of drug-likeness (QED) is 0.572. The van der Waals surface area contributed by atoms with Crippen LogP contribution in [0.5, 0.6) is 0 Å². The minimum atomic E-state index is -0.0179. The SMILES string of the molecule is NCCO.O=C(NCC12CC3CC4CC(C1)C2(C4)C3)c1cccc2nc(CC(=O)N3CCCC3)cn12. The number of hydrogen-bond donors (Lipinski definition) is 3. The second-order valence-electron chi connectivity index (χ2n) is 12.0. The number of carbonyl (C=O) groups excluding carboxylic acids is 2. The van der Waals surface area contributed by atoms with Gasteiger partial charge in [0.15, 0.2) is 0 Å². The molecular weight excluding hydrogens is 454 g/mol. The van der Waals surface area contributed by atoms with Gasteiger partial charge in [0.2, 0.25) is 5.91 Å². The number of aliphatic hydroxyl groups excluding tert-OH is 1. The summed E-state index contributed by atoms with van der Waals surface area (Å²) < 4.78 is 1.86. The average Bonchev–Trinajstić information content (AvgIpc) is 3.62. The summed E-state index contributed by atoms with van der Waals surface area (Å²) in [6, 6.07) is 5.67. The molecule has 5 aliphatic rings. The predicted molar refractivity (Wildman–Crippen MR) is 136 cm³/mol. The third kappa shape index (κ3) is 3.76. The van der Waals surface area contributed by atoms with Gasteiger partial charge in [-0.05, 0) is 92.1 Å². The Hall–Kier alpha value is -2.45. The van der Waals surface area contributed by atoms with E-state index in [1.54, 1.807) is 0 Å². The third-order valence-corrected chi connectivity index (χ3v) is 10.0. The van der Waals surface area contributed by atoms with Gasteiger partial charge in [0, 0.05) is 32.4 Å². The number of carbonyl (C=O) groups is 2. The van der Waals surface area contributed by atoms with Crippen molar-refractivity contribution >= 4 is 17.5 Å². The van der Waals surface area contributed by atoms with Gasteiger partial charge >= 0.3 is 0 Å². The van der Waals surface area contributed by atoms with Crippen LogP contribution in [0.3, 0.4) is 0 Å². The normalized spacial score (nSPS) is 33.3. The zero-order valence-corrected chi connectivity index (χ0v) is 21.1. The summed E-state index contributed by atoms with van der Waals surface area (Å²) in [5, 5.41) is 11.1. The molecule has 4 saturated carbocycles. The molecule has 1 spiro atoms. The highest BCUT2D eigenvalue weighted by Gasteiger charge is 2.73. The Kier molecular flexibility index (Phi) is 6.07. The van der Waals surface area contributed by atoms with E-state index in [1.807, 2.05) is 33.7 Å². The van der Waals surface area contributed by atoms with Gasteiger partial charge in [0.1, 0.15) is 11.3 Å². The molecular formula is C28H39N5O3. The summed E-state index contributed by atoms with van der Waals surface area (Å²) in [4.78, 5) is 32.4. The zero-order chi connectivity index (χ0) is 24.9. The maximum Gasteiger partial charge on any atom is 0.268 e. The lowest BCUT2D eigenvalue weighted by Crippen LogP contribution is -2.57. The molecule has 4 aliphatic carbocycles. The Balaban J connectivity index is 0.000000562. The van der Waals surface area contributed by atoms with Crippen LogP contribution in [0.4, 0.5) is 0 Å². The zero-order valence-electron chi connectivity index (χ0n) is 21.1. The van der Waals surface area contributed by atoms with E-state index in [9.17, 15) is 9.59 Å². The topological polar surface area (TPSA) is 113 Å². The van der Waals surface area contributed by atoms with Crippen LogP contribution in [-0.4, -0.2) is 64.0 Å². The second kappa shape index (κ2) is 9.14. The first kappa shape index (κ1) is 23.9. The minimum Gasteiger partial charge on any atom is -0.395 e. The van der Waals surface area contributed by atoms with E-state index >= 15 is 0 Å². The number of nitrogens with zero attached hydrogens (tertiary/aromatic N) is 3. The number of pyridine rings is 1. The van der Waals surface area contributed by atoms with Crippen molar-refractivity contribution in [1.29, 1.82) is 0 Å². The van der Waals surface area contributed by atoms with Crippen molar-refractivity contribution in [3.8, 4) is 0 Å². The van der Waals surface area contributed by atoms with Crippen LogP contribution in [-0.2, 0) is 11.2 Å². The van der Waals surface area contributed by atoms with Gasteiger partial charge < -0.3 is 21.1 Å². The average molecular weight is 494 g/mol. The van der Waals surface area contributed by atoms with Crippen LogP contribution in [0, 0.1) is 28.6 Å². The van der Waals surface area contributed by atoms with Gasteiger partial charge in [-0.1, -0.05) is 6.07 Å². The molecule has 2 aromatic heterocycles. The number of nitrogens with one attached hydrogen (secondary N) is 1. The molecule has 2 aromatic rings. The molecule has 3 bridgehead atoms. The van der Waals surface area contributed by atoms with E-state index in [4.69, 9.17) is 10.8 Å². The molecule has 0 aromatic carbocycles. The first-order valence-electron chi connectivity index (χ1n) is 13.8. The molecule has 5 unspecified atom stereocenters. The summed E-state index contributed by atoms with van der Waals surface area (Å²) in [5.41, 5.74) is 7.75. The second-order valence-corrected chi connectivity index (χ2v) is 12.0. The molecule has 5 fully saturated rings. The molecule has 0 radical (unpaired) electrons. The molecule has 7 rings (SSSR count). The number of rotatable bonds is 6. The molecule has 4 N–H and O–H groups in total. The van der Waals surface area contributed by atoms with Crippen molar-refractivity contribution in [2.24, 2.45) is 34.3 Å². The number of aromatic nitrogens is 2. The molecule has 3 heterocycles. The third-order valence-electron chi connectivity index (χ3n) is 10.0. The van der Waals surface area contributed by atoms with E-state index < -0.39 is 0 Å². The molecule has 194 valence electrons. The Morgan fingerprint density at radius 3 is 2.67 bits per heavy atom. The number of fused-ring (bicyclic) bond motifs is 3. The van der Waals surface area contributed by atoms with E-state index in [1.165, 1.54) is 38.5 Å². The number of hydrogen-bond acceptors (Lipinski definition) is 5. The van der Waals surface area contributed by atoms with Crippen LogP contribution in [0.2, 0.25) is 0 Å². The molecule has 1 saturated heterocycles. The molecule has 8 nitrogen and oxygen atoms in total. The number of likely N-dealkylation sites (tertiary alicyclic amines) is 1. The van der Waals surface area contributed by atoms with E-state index in [2.05, 4.69) is 10.3 Å². The number of amides is 2. The Labute approximate surface area is 212 Å². The number of aliphatic hydroxyl groups is 1. The summed E-state index contributed by atoms with van der Waals surface area (Å²) in [5.74, 6) is 2.89. The highest BCUT2D eigenvalue weighted by Crippen LogP contribution is 2.81. The van der Waals surface area contributed by atoms with Crippen molar-refractivity contribution in [2.75, 3.05) is 32.8 Å². The van der Waals surface area contributed by atoms with Gasteiger partial charge in [-0.15, -0.1) is 0 Å². The fourth-order valence-electron chi connectivity index (χ4n) is 8.80. The molecule has 1 aliphatic heterocycles. The van der Waals surface area contributed by atoms with Gasteiger partial charge in [0.25, 0.3) is 5.91 Å². The lowest BCUT2D eigenvalue weighted by atomic mass is 9.46. The summed E-state index contributed by atoms with van der Waals surface area (Å²) in [6.45, 7) is 2.99. The van der Waals surface area contributed by atoms with E-state index in [0.29, 0.717) is 29.5 Å². The van der Waals surface area contributed by atoms with Gasteiger partial charge in [-0.2, -0.15) is 0 Å². The Morgan fingerprint density at radius 1 is 1.11 bits per heavy atom. The van der Waals surface area contributed by atoms with Gasteiger partial charge in [-0.25, -0.2) is 4.98 Å². The van der Waals surface area contributed by atoms with E-state index in [0.717, 1.165) is 61.6 Å². The highest BCUT2D eigenvalue weighted by atomic mass is 16.3. The minimum absolute atomic E-state index is 0.0179. The standard InChI is InChI=1S/C26H32N4O2.C2H7NO/c31-23(29-6-1-2-7-29)10-20-15-30-21(4-3-5-22(30)28-20)24(32)27-16-25-11-18-8-17-9-19(14-25)26(25,12-17)13-18;3-1-2-4/h3-5,15,17-19H,1-2,6-14,16H2,(H,27,32);4H,1-3H2. The van der Waals surface area contributed by atoms with Crippen molar-refractivity contribution in [3.05, 3.63) is 35.8 Å². The Morgan fingerprint density at radius 2 is 1.89 bits per heavy atom. The van der Waals surface area contributed by atoms with Crippen molar-refractivity contribution in [1.82, 2.24) is 19.6 Å². The number of imidazole rings is 1. The fraction of sp³-hybridized carbons (Fsp3) is 0.679. The van der Waals surface area contributed by atoms with Crippen LogP contribution >= 0.6 is 0 Å². The lowest BCUT2D eigenvalue weighted by Gasteiger charge is -2.59. The summed E-state index contributed by atoms with van der Waals surface area (Å²) in [7, 11) is 0. The largest absolute Gasteiger partial charge is 0.395 e. The van der Waals surface area contributed by atoms with Crippen LogP contribution in [0.25, 0.3) is 5.65 Å². The number of nitrogens with two attached hydrogens (primary N) is 1. The molecule has 36 heavy (non-hydrogen) atoms. The summed E-state index contributed by atoms with van der Waals surface area (Å²) >= 11 is 0. The van der Waals surface area contributed by atoms with Crippen molar-refractivity contribution in [3.63, 3.8) is 0 Å². The van der Waals surface area contributed by atoms with Gasteiger partial charge in [-0.3, -0.25) is 14.0 Å². The smallest absolute Gasteiger partial charge is 0.268 e. The molecule has 2 amide bonds. The van der Waals surface area contributed by atoms with Crippen molar-refractivity contribution in [2.45, 2.75) is 57.8 Å². The van der Waals surface area contributed by atoms with Crippen LogP contribution < -0.4 is 11.1 Å². The Bertz CT molecular complexity index is 1150. The van der Waals surface area contributed by atoms with Crippen molar-refractivity contribution < 1.29 is 14.7 Å². The van der Waals surface area contributed by atoms with Crippen LogP contribution in [0.1, 0.15) is 67.5 Å². The lowest BCUT2D eigenvalue weighted by molar-refractivity contribution is -0.129. The first-order chi connectivity index (χ1) is 17.5. The first-order valence-corrected chi connectivity index (χ1v) is 13.8.